The molecule has 1 aliphatic heterocycles. The number of benzene rings is 2. The molecule has 0 N–H and O–H groups in total. The Kier molecular flexibility index (Phi) is 3.71. The minimum atomic E-state index is -0.240. The van der Waals surface area contributed by atoms with Crippen LogP contribution in [0.3, 0.4) is 0 Å². The summed E-state index contributed by atoms with van der Waals surface area (Å²) in [5, 5.41) is 0. The second-order valence-corrected chi connectivity index (χ2v) is 7.15. The van der Waals surface area contributed by atoms with Crippen LogP contribution in [0.25, 0.3) is 0 Å². The lowest BCUT2D eigenvalue weighted by molar-refractivity contribution is 0.0981. The zero-order valence-electron chi connectivity index (χ0n) is 14.2. The van der Waals surface area contributed by atoms with Crippen LogP contribution in [0, 0.1) is 5.82 Å². The largest absolute Gasteiger partial charge is 0.307 e. The fraction of sp³-hybridized carbons (Fsp3) is 0.333. The zero-order chi connectivity index (χ0) is 17.6. The van der Waals surface area contributed by atoms with E-state index in [2.05, 4.69) is 0 Å². The molecule has 0 unspecified atom stereocenters. The van der Waals surface area contributed by atoms with Crippen LogP contribution in [0.4, 0.5) is 10.1 Å². The average molecular weight is 337 g/mol. The number of carbonyl (C=O) groups is 2. The number of rotatable bonds is 2. The summed E-state index contributed by atoms with van der Waals surface area (Å²) < 4.78 is 14.6. The van der Waals surface area contributed by atoms with Gasteiger partial charge < -0.3 is 4.90 Å². The van der Waals surface area contributed by atoms with Crippen LogP contribution in [0.15, 0.2) is 42.5 Å². The molecule has 4 rings (SSSR count). The molecule has 0 saturated heterocycles. The van der Waals surface area contributed by atoms with E-state index in [1.807, 2.05) is 6.07 Å². The molecular weight excluding hydrogens is 317 g/mol. The standard InChI is InChI=1S/C21H20FNO2/c1-14(24)15-7-9-16(10-8-15)20(25)23-13-21(11-2-3-12-21)19-17(22)5-4-6-18(19)23/h4-10H,2-3,11-13H2,1H3. The maximum atomic E-state index is 14.6. The highest BCUT2D eigenvalue weighted by Crippen LogP contribution is 2.51. The van der Waals surface area contributed by atoms with E-state index in [9.17, 15) is 14.0 Å². The summed E-state index contributed by atoms with van der Waals surface area (Å²) in [4.78, 5) is 26.2. The van der Waals surface area contributed by atoms with Gasteiger partial charge in [0.2, 0.25) is 0 Å². The van der Waals surface area contributed by atoms with E-state index in [4.69, 9.17) is 0 Å². The SMILES string of the molecule is CC(=O)c1ccc(C(=O)N2CC3(CCCC3)c3c(F)cccc32)cc1. The number of carbonyl (C=O) groups excluding carboxylic acids is 2. The molecule has 0 aromatic heterocycles. The summed E-state index contributed by atoms with van der Waals surface area (Å²) in [5.74, 6) is -0.371. The maximum absolute atomic E-state index is 14.6. The molecule has 1 saturated carbocycles. The van der Waals surface area contributed by atoms with Gasteiger partial charge in [-0.2, -0.15) is 0 Å². The molecule has 2 aromatic rings. The van der Waals surface area contributed by atoms with E-state index in [0.29, 0.717) is 28.9 Å². The van der Waals surface area contributed by atoms with Gasteiger partial charge >= 0.3 is 0 Å². The highest BCUT2D eigenvalue weighted by atomic mass is 19.1. The van der Waals surface area contributed by atoms with Crippen molar-refractivity contribution in [2.75, 3.05) is 11.4 Å². The molecule has 128 valence electrons. The molecule has 4 heteroatoms. The Morgan fingerprint density at radius 1 is 1.00 bits per heavy atom. The van der Waals surface area contributed by atoms with E-state index in [1.165, 1.54) is 13.0 Å². The third kappa shape index (κ3) is 2.48. The van der Waals surface area contributed by atoms with Crippen molar-refractivity contribution in [3.05, 3.63) is 65.0 Å². The zero-order valence-corrected chi connectivity index (χ0v) is 14.2. The second-order valence-electron chi connectivity index (χ2n) is 7.15. The van der Waals surface area contributed by atoms with Gasteiger partial charge in [-0.25, -0.2) is 4.39 Å². The molecule has 1 heterocycles. The lowest BCUT2D eigenvalue weighted by Crippen LogP contribution is -2.35. The van der Waals surface area contributed by atoms with Gasteiger partial charge in [-0.1, -0.05) is 31.0 Å². The molecule has 1 spiro atoms. The first kappa shape index (κ1) is 16.0. The normalized spacial score (nSPS) is 17.8. The van der Waals surface area contributed by atoms with Crippen molar-refractivity contribution < 1.29 is 14.0 Å². The lowest BCUT2D eigenvalue weighted by atomic mass is 9.80. The van der Waals surface area contributed by atoms with E-state index in [-0.39, 0.29) is 22.9 Å². The third-order valence-electron chi connectivity index (χ3n) is 5.62. The number of hydrogen-bond acceptors (Lipinski definition) is 2. The van der Waals surface area contributed by atoms with Crippen molar-refractivity contribution in [3.63, 3.8) is 0 Å². The summed E-state index contributed by atoms with van der Waals surface area (Å²) in [6.07, 6.45) is 3.99. The van der Waals surface area contributed by atoms with Crippen molar-refractivity contribution in [2.45, 2.75) is 38.0 Å². The van der Waals surface area contributed by atoms with Crippen LogP contribution < -0.4 is 4.90 Å². The first-order chi connectivity index (χ1) is 12.0. The summed E-state index contributed by atoms with van der Waals surface area (Å²) in [6, 6.07) is 11.7. The van der Waals surface area contributed by atoms with Crippen LogP contribution in [0.5, 0.6) is 0 Å². The summed E-state index contributed by atoms with van der Waals surface area (Å²) in [5.41, 5.74) is 2.27. The molecule has 1 aliphatic carbocycles. The number of anilines is 1. The van der Waals surface area contributed by atoms with Crippen LogP contribution in [0.1, 0.15) is 58.9 Å². The van der Waals surface area contributed by atoms with Crippen molar-refractivity contribution in [2.24, 2.45) is 0 Å². The van der Waals surface area contributed by atoms with Gasteiger partial charge in [0.25, 0.3) is 5.91 Å². The van der Waals surface area contributed by atoms with Crippen molar-refractivity contribution in [1.82, 2.24) is 0 Å². The van der Waals surface area contributed by atoms with Gasteiger partial charge in [0, 0.05) is 28.7 Å². The quantitative estimate of drug-likeness (QED) is 0.757. The van der Waals surface area contributed by atoms with Crippen molar-refractivity contribution >= 4 is 17.4 Å². The smallest absolute Gasteiger partial charge is 0.258 e. The van der Waals surface area contributed by atoms with Gasteiger partial charge in [-0.15, -0.1) is 0 Å². The molecule has 0 atom stereocenters. The minimum absolute atomic E-state index is 0.0301. The first-order valence-corrected chi connectivity index (χ1v) is 8.74. The predicted octanol–water partition coefficient (Wildman–Crippen LogP) is 4.50. The molecule has 2 aliphatic rings. The highest BCUT2D eigenvalue weighted by Gasteiger charge is 2.48. The number of amides is 1. The van der Waals surface area contributed by atoms with Gasteiger partial charge in [0.05, 0.1) is 5.69 Å². The summed E-state index contributed by atoms with van der Waals surface area (Å²) in [6.45, 7) is 2.04. The first-order valence-electron chi connectivity index (χ1n) is 8.74. The van der Waals surface area contributed by atoms with E-state index < -0.39 is 0 Å². The number of Topliss-reactive ketones (excluding diaryl/α,β-unsaturated/α-hetero) is 1. The molecular formula is C21H20FNO2. The van der Waals surface area contributed by atoms with Gasteiger partial charge in [-0.05, 0) is 44.0 Å². The Labute approximate surface area is 146 Å². The third-order valence-corrected chi connectivity index (χ3v) is 5.62. The Morgan fingerprint density at radius 2 is 1.64 bits per heavy atom. The van der Waals surface area contributed by atoms with Crippen LogP contribution in [0.2, 0.25) is 0 Å². The maximum Gasteiger partial charge on any atom is 0.258 e. The fourth-order valence-corrected chi connectivity index (χ4v) is 4.37. The summed E-state index contributed by atoms with van der Waals surface area (Å²) in [7, 11) is 0. The van der Waals surface area contributed by atoms with Crippen LogP contribution in [-0.4, -0.2) is 18.2 Å². The minimum Gasteiger partial charge on any atom is -0.307 e. The fourth-order valence-electron chi connectivity index (χ4n) is 4.37. The lowest BCUT2D eigenvalue weighted by Gasteiger charge is -2.25. The number of hydrogen-bond donors (Lipinski definition) is 0. The van der Waals surface area contributed by atoms with Crippen LogP contribution >= 0.6 is 0 Å². The van der Waals surface area contributed by atoms with Gasteiger partial charge in [0.1, 0.15) is 5.82 Å². The topological polar surface area (TPSA) is 37.4 Å². The Bertz CT molecular complexity index is 851. The Balaban J connectivity index is 1.73. The highest BCUT2D eigenvalue weighted by molar-refractivity contribution is 6.08. The molecule has 2 aromatic carbocycles. The molecule has 0 radical (unpaired) electrons. The molecule has 3 nitrogen and oxygen atoms in total. The van der Waals surface area contributed by atoms with Crippen LogP contribution in [-0.2, 0) is 5.41 Å². The predicted molar refractivity (Wildman–Crippen MR) is 94.7 cm³/mol. The summed E-state index contributed by atoms with van der Waals surface area (Å²) >= 11 is 0. The monoisotopic (exact) mass is 337 g/mol. The van der Waals surface area contributed by atoms with Gasteiger partial charge in [-0.3, -0.25) is 9.59 Å². The average Bonchev–Trinajstić information content (AvgIpc) is 3.21. The molecule has 1 amide bonds. The van der Waals surface area contributed by atoms with Gasteiger partial charge in [0.15, 0.2) is 5.78 Å². The van der Waals surface area contributed by atoms with Crippen molar-refractivity contribution in [3.8, 4) is 0 Å². The van der Waals surface area contributed by atoms with E-state index in [0.717, 1.165) is 25.7 Å². The molecule has 1 fully saturated rings. The number of halogens is 1. The Hall–Kier alpha value is -2.49. The second kappa shape index (κ2) is 5.80. The van der Waals surface area contributed by atoms with Crippen molar-refractivity contribution in [1.29, 1.82) is 0 Å². The van der Waals surface area contributed by atoms with E-state index >= 15 is 0 Å². The number of nitrogens with zero attached hydrogens (tertiary/aromatic N) is 1. The number of fused-ring (bicyclic) bond motifs is 2. The molecule has 25 heavy (non-hydrogen) atoms. The van der Waals surface area contributed by atoms with E-state index in [1.54, 1.807) is 35.2 Å². The Morgan fingerprint density at radius 3 is 2.28 bits per heavy atom. The molecule has 0 bridgehead atoms. The number of ketones is 1.